The van der Waals surface area contributed by atoms with Gasteiger partial charge >= 0.3 is 0 Å². The number of carbonyl (C=O) groups is 1. The molecular formula is C13H15BrFNO2. The molecule has 0 aliphatic carbocycles. The van der Waals surface area contributed by atoms with Crippen molar-refractivity contribution in [2.24, 2.45) is 0 Å². The highest BCUT2D eigenvalue weighted by molar-refractivity contribution is 9.10. The van der Waals surface area contributed by atoms with E-state index in [2.05, 4.69) is 15.9 Å². The molecule has 5 heteroatoms. The van der Waals surface area contributed by atoms with Crippen molar-refractivity contribution in [2.45, 2.75) is 19.4 Å². The van der Waals surface area contributed by atoms with E-state index in [9.17, 15) is 9.18 Å². The average molecular weight is 316 g/mol. The van der Waals surface area contributed by atoms with E-state index in [4.69, 9.17) is 4.74 Å². The van der Waals surface area contributed by atoms with Gasteiger partial charge in [-0.3, -0.25) is 4.79 Å². The molecule has 1 aliphatic heterocycles. The third-order valence-corrected chi connectivity index (χ3v) is 3.39. The number of hydrogen-bond acceptors (Lipinski definition) is 2. The van der Waals surface area contributed by atoms with Crippen molar-refractivity contribution in [2.75, 3.05) is 19.7 Å². The van der Waals surface area contributed by atoms with Crippen LogP contribution in [0.25, 0.3) is 0 Å². The fourth-order valence-electron chi connectivity index (χ4n) is 2.01. The fourth-order valence-corrected chi connectivity index (χ4v) is 2.37. The molecule has 3 nitrogen and oxygen atoms in total. The lowest BCUT2D eigenvalue weighted by Crippen LogP contribution is -2.36. The van der Waals surface area contributed by atoms with Crippen LogP contribution in [0, 0.1) is 5.82 Å². The molecule has 1 aromatic rings. The number of amides is 1. The Bertz CT molecular complexity index is 453. The van der Waals surface area contributed by atoms with Gasteiger partial charge in [0.15, 0.2) is 0 Å². The predicted molar refractivity (Wildman–Crippen MR) is 70.0 cm³/mol. The molecule has 1 amide bonds. The summed E-state index contributed by atoms with van der Waals surface area (Å²) >= 11 is 3.25. The van der Waals surface area contributed by atoms with Crippen LogP contribution in [0.4, 0.5) is 4.39 Å². The standard InChI is InChI=1S/C13H15BrFNO2/c1-9-8-16(5-2-6-18-9)13(17)11-7-10(14)3-4-12(11)15/h3-4,7,9H,2,5-6,8H2,1H3. The summed E-state index contributed by atoms with van der Waals surface area (Å²) in [6.45, 7) is 3.68. The van der Waals surface area contributed by atoms with Gasteiger partial charge in [-0.05, 0) is 31.5 Å². The fraction of sp³-hybridized carbons (Fsp3) is 0.462. The van der Waals surface area contributed by atoms with Gasteiger partial charge in [-0.25, -0.2) is 4.39 Å². The summed E-state index contributed by atoms with van der Waals surface area (Å²) in [6, 6.07) is 4.41. The van der Waals surface area contributed by atoms with E-state index >= 15 is 0 Å². The minimum atomic E-state index is -0.485. The zero-order chi connectivity index (χ0) is 13.1. The van der Waals surface area contributed by atoms with E-state index in [1.54, 1.807) is 11.0 Å². The van der Waals surface area contributed by atoms with Gasteiger partial charge < -0.3 is 9.64 Å². The zero-order valence-corrected chi connectivity index (χ0v) is 11.7. The predicted octanol–water partition coefficient (Wildman–Crippen LogP) is 2.84. The highest BCUT2D eigenvalue weighted by Crippen LogP contribution is 2.18. The maximum absolute atomic E-state index is 13.7. The molecule has 1 saturated heterocycles. The van der Waals surface area contributed by atoms with Crippen molar-refractivity contribution in [3.8, 4) is 0 Å². The smallest absolute Gasteiger partial charge is 0.256 e. The van der Waals surface area contributed by atoms with Gasteiger partial charge in [0.2, 0.25) is 0 Å². The number of hydrogen-bond donors (Lipinski definition) is 0. The monoisotopic (exact) mass is 315 g/mol. The Labute approximate surface area is 114 Å². The van der Waals surface area contributed by atoms with E-state index in [1.807, 2.05) is 6.92 Å². The second kappa shape index (κ2) is 5.80. The lowest BCUT2D eigenvalue weighted by Gasteiger charge is -2.22. The van der Waals surface area contributed by atoms with Crippen LogP contribution in [-0.2, 0) is 4.74 Å². The van der Waals surface area contributed by atoms with Crippen molar-refractivity contribution in [3.05, 3.63) is 34.1 Å². The molecule has 2 rings (SSSR count). The summed E-state index contributed by atoms with van der Waals surface area (Å²) in [7, 11) is 0. The first-order valence-electron chi connectivity index (χ1n) is 5.94. The second-order valence-corrected chi connectivity index (χ2v) is 5.33. The molecule has 18 heavy (non-hydrogen) atoms. The minimum Gasteiger partial charge on any atom is -0.377 e. The van der Waals surface area contributed by atoms with Crippen molar-refractivity contribution >= 4 is 21.8 Å². The quantitative estimate of drug-likeness (QED) is 0.797. The number of nitrogens with zero attached hydrogens (tertiary/aromatic N) is 1. The molecule has 0 aromatic heterocycles. The minimum absolute atomic E-state index is 0.00772. The average Bonchev–Trinajstić information content (AvgIpc) is 2.56. The van der Waals surface area contributed by atoms with E-state index in [0.29, 0.717) is 24.2 Å². The summed E-state index contributed by atoms with van der Waals surface area (Å²) in [6.07, 6.45) is 0.776. The molecular weight excluding hydrogens is 301 g/mol. The summed E-state index contributed by atoms with van der Waals surface area (Å²) < 4.78 is 19.9. The maximum atomic E-state index is 13.7. The molecule has 1 aliphatic rings. The molecule has 0 bridgehead atoms. The molecule has 0 saturated carbocycles. The Hall–Kier alpha value is -0.940. The van der Waals surface area contributed by atoms with Crippen LogP contribution < -0.4 is 0 Å². The van der Waals surface area contributed by atoms with Gasteiger partial charge in [0.1, 0.15) is 5.82 Å². The normalized spacial score (nSPS) is 20.6. The van der Waals surface area contributed by atoms with Crippen molar-refractivity contribution < 1.29 is 13.9 Å². The Morgan fingerprint density at radius 2 is 2.33 bits per heavy atom. The molecule has 0 spiro atoms. The molecule has 1 atom stereocenters. The summed E-state index contributed by atoms with van der Waals surface area (Å²) in [5.41, 5.74) is 0.110. The van der Waals surface area contributed by atoms with Crippen LogP contribution in [0.2, 0.25) is 0 Å². The van der Waals surface area contributed by atoms with Gasteiger partial charge in [0.05, 0.1) is 11.7 Å². The Kier molecular flexibility index (Phi) is 4.35. The lowest BCUT2D eigenvalue weighted by molar-refractivity contribution is 0.0560. The van der Waals surface area contributed by atoms with E-state index in [0.717, 1.165) is 6.42 Å². The Morgan fingerprint density at radius 1 is 1.56 bits per heavy atom. The van der Waals surface area contributed by atoms with Gasteiger partial charge in [0, 0.05) is 24.2 Å². The van der Waals surface area contributed by atoms with Gasteiger partial charge in [-0.2, -0.15) is 0 Å². The van der Waals surface area contributed by atoms with Crippen LogP contribution in [0.3, 0.4) is 0 Å². The third-order valence-electron chi connectivity index (χ3n) is 2.90. The van der Waals surface area contributed by atoms with Crippen molar-refractivity contribution in [1.82, 2.24) is 4.90 Å². The summed E-state index contributed by atoms with van der Waals surface area (Å²) in [5.74, 6) is -0.757. The number of ether oxygens (including phenoxy) is 1. The maximum Gasteiger partial charge on any atom is 0.256 e. The Morgan fingerprint density at radius 3 is 3.11 bits per heavy atom. The Balaban J connectivity index is 2.21. The molecule has 1 heterocycles. The molecule has 1 fully saturated rings. The topological polar surface area (TPSA) is 29.5 Å². The van der Waals surface area contributed by atoms with Crippen molar-refractivity contribution in [3.63, 3.8) is 0 Å². The third kappa shape index (κ3) is 3.09. The van der Waals surface area contributed by atoms with Gasteiger partial charge in [-0.1, -0.05) is 15.9 Å². The SMILES string of the molecule is CC1CN(C(=O)c2cc(Br)ccc2F)CCCO1. The number of rotatable bonds is 1. The molecule has 0 radical (unpaired) electrons. The summed E-state index contributed by atoms with van der Waals surface area (Å²) in [5, 5.41) is 0. The molecule has 1 unspecified atom stereocenters. The lowest BCUT2D eigenvalue weighted by atomic mass is 10.1. The van der Waals surface area contributed by atoms with Crippen LogP contribution in [-0.4, -0.2) is 36.6 Å². The number of carbonyl (C=O) groups excluding carboxylic acids is 1. The van der Waals surface area contributed by atoms with E-state index in [1.165, 1.54) is 12.1 Å². The van der Waals surface area contributed by atoms with Gasteiger partial charge in [-0.15, -0.1) is 0 Å². The van der Waals surface area contributed by atoms with E-state index in [-0.39, 0.29) is 17.6 Å². The molecule has 0 N–H and O–H groups in total. The van der Waals surface area contributed by atoms with Crippen LogP contribution in [0.5, 0.6) is 0 Å². The van der Waals surface area contributed by atoms with Crippen molar-refractivity contribution in [1.29, 1.82) is 0 Å². The number of benzene rings is 1. The second-order valence-electron chi connectivity index (χ2n) is 4.41. The highest BCUT2D eigenvalue weighted by Gasteiger charge is 2.23. The first kappa shape index (κ1) is 13.5. The van der Waals surface area contributed by atoms with Crippen LogP contribution >= 0.6 is 15.9 Å². The molecule has 1 aromatic carbocycles. The largest absolute Gasteiger partial charge is 0.377 e. The first-order chi connectivity index (χ1) is 8.58. The van der Waals surface area contributed by atoms with Gasteiger partial charge in [0.25, 0.3) is 5.91 Å². The van der Waals surface area contributed by atoms with Crippen LogP contribution in [0.15, 0.2) is 22.7 Å². The highest BCUT2D eigenvalue weighted by atomic mass is 79.9. The number of halogens is 2. The summed E-state index contributed by atoms with van der Waals surface area (Å²) in [4.78, 5) is 13.9. The molecule has 98 valence electrons. The first-order valence-corrected chi connectivity index (χ1v) is 6.73. The van der Waals surface area contributed by atoms with Crippen LogP contribution in [0.1, 0.15) is 23.7 Å². The zero-order valence-electron chi connectivity index (χ0n) is 10.2. The van der Waals surface area contributed by atoms with E-state index < -0.39 is 5.82 Å².